The first-order valence-electron chi connectivity index (χ1n) is 4.84. The summed E-state index contributed by atoms with van der Waals surface area (Å²) in [5.41, 5.74) is 0.817. The van der Waals surface area contributed by atoms with Gasteiger partial charge in [-0.15, -0.1) is 0 Å². The molecule has 0 aliphatic rings. The second kappa shape index (κ2) is 4.22. The fourth-order valence-electron chi connectivity index (χ4n) is 1.58. The molecule has 0 radical (unpaired) electrons. The van der Waals surface area contributed by atoms with E-state index in [0.29, 0.717) is 11.5 Å². The highest BCUT2D eigenvalue weighted by Gasteiger charge is 2.09. The Morgan fingerprint density at radius 2 is 1.75 bits per heavy atom. The Balaban J connectivity index is 2.72. The van der Waals surface area contributed by atoms with Gasteiger partial charge >= 0.3 is 0 Å². The molecule has 16 heavy (non-hydrogen) atoms. The third-order valence-corrected chi connectivity index (χ3v) is 2.38. The number of nitrogens with one attached hydrogen (secondary N) is 1. The number of nitrogens with zero attached hydrogens (tertiary/aromatic N) is 2. The molecular formula is C11H13N3O2. The van der Waals surface area contributed by atoms with Crippen molar-refractivity contribution in [2.45, 2.75) is 0 Å². The second-order valence-electron chi connectivity index (χ2n) is 3.20. The predicted octanol–water partition coefficient (Wildman–Crippen LogP) is 1.69. The number of benzene rings is 1. The number of hydrogen-bond donors (Lipinski definition) is 1. The van der Waals surface area contributed by atoms with Crippen molar-refractivity contribution in [1.82, 2.24) is 9.97 Å². The van der Waals surface area contributed by atoms with Gasteiger partial charge < -0.3 is 14.8 Å². The summed E-state index contributed by atoms with van der Waals surface area (Å²) in [7, 11) is 5.02. The molecular weight excluding hydrogens is 206 g/mol. The summed E-state index contributed by atoms with van der Waals surface area (Å²) in [4.78, 5) is 8.32. The number of fused-ring (bicyclic) bond motifs is 1. The molecule has 2 aromatic rings. The van der Waals surface area contributed by atoms with Gasteiger partial charge in [0, 0.05) is 18.5 Å². The zero-order valence-electron chi connectivity index (χ0n) is 9.44. The Morgan fingerprint density at radius 1 is 1.06 bits per heavy atom. The van der Waals surface area contributed by atoms with Crippen LogP contribution in [0.15, 0.2) is 18.5 Å². The molecule has 0 atom stereocenters. The Bertz CT molecular complexity index is 514. The fraction of sp³-hybridized carbons (Fsp3) is 0.273. The minimum atomic E-state index is 0.663. The smallest absolute Gasteiger partial charge is 0.162 e. The van der Waals surface area contributed by atoms with Crippen molar-refractivity contribution in [3.05, 3.63) is 18.5 Å². The van der Waals surface area contributed by atoms with E-state index in [1.807, 2.05) is 19.2 Å². The van der Waals surface area contributed by atoms with Crippen LogP contribution in [-0.2, 0) is 0 Å². The topological polar surface area (TPSA) is 56.3 Å². The van der Waals surface area contributed by atoms with Crippen molar-refractivity contribution >= 4 is 16.7 Å². The lowest BCUT2D eigenvalue weighted by Crippen LogP contribution is -1.97. The lowest BCUT2D eigenvalue weighted by atomic mass is 10.2. The molecule has 0 saturated carbocycles. The van der Waals surface area contributed by atoms with E-state index < -0.39 is 0 Å². The maximum absolute atomic E-state index is 5.24. The monoisotopic (exact) mass is 219 g/mol. The molecule has 0 aliphatic carbocycles. The molecule has 1 aromatic carbocycles. The molecule has 1 heterocycles. The van der Waals surface area contributed by atoms with Crippen molar-refractivity contribution in [3.63, 3.8) is 0 Å². The van der Waals surface area contributed by atoms with Gasteiger partial charge in [0.05, 0.1) is 19.7 Å². The van der Waals surface area contributed by atoms with Crippen molar-refractivity contribution in [3.8, 4) is 11.5 Å². The van der Waals surface area contributed by atoms with Crippen LogP contribution >= 0.6 is 0 Å². The third-order valence-electron chi connectivity index (χ3n) is 2.38. The summed E-state index contributed by atoms with van der Waals surface area (Å²) in [5, 5.41) is 3.92. The van der Waals surface area contributed by atoms with E-state index in [4.69, 9.17) is 9.47 Å². The zero-order valence-corrected chi connectivity index (χ0v) is 9.44. The first-order chi connectivity index (χ1) is 7.80. The highest BCUT2D eigenvalue weighted by atomic mass is 16.5. The zero-order chi connectivity index (χ0) is 11.5. The first-order valence-corrected chi connectivity index (χ1v) is 4.84. The van der Waals surface area contributed by atoms with Crippen LogP contribution in [0.2, 0.25) is 0 Å². The van der Waals surface area contributed by atoms with Crippen LogP contribution in [-0.4, -0.2) is 31.2 Å². The Labute approximate surface area is 93.4 Å². The summed E-state index contributed by atoms with van der Waals surface area (Å²) in [5.74, 6) is 2.10. The number of rotatable bonds is 3. The highest BCUT2D eigenvalue weighted by molar-refractivity contribution is 5.91. The second-order valence-corrected chi connectivity index (χ2v) is 3.20. The highest BCUT2D eigenvalue weighted by Crippen LogP contribution is 2.33. The summed E-state index contributed by atoms with van der Waals surface area (Å²) in [6.07, 6.45) is 1.51. The maximum atomic E-state index is 5.24. The van der Waals surface area contributed by atoms with Gasteiger partial charge in [-0.05, 0) is 6.07 Å². The van der Waals surface area contributed by atoms with Gasteiger partial charge in [0.25, 0.3) is 0 Å². The summed E-state index contributed by atoms with van der Waals surface area (Å²) in [6, 6.07) is 3.69. The molecule has 0 amide bonds. The van der Waals surface area contributed by atoms with Crippen LogP contribution in [0.1, 0.15) is 0 Å². The maximum Gasteiger partial charge on any atom is 0.162 e. The largest absolute Gasteiger partial charge is 0.493 e. The number of aromatic nitrogens is 2. The van der Waals surface area contributed by atoms with E-state index in [1.54, 1.807) is 14.2 Å². The lowest BCUT2D eigenvalue weighted by Gasteiger charge is -2.10. The van der Waals surface area contributed by atoms with Crippen molar-refractivity contribution < 1.29 is 9.47 Å². The third kappa shape index (κ3) is 1.60. The van der Waals surface area contributed by atoms with E-state index >= 15 is 0 Å². The predicted molar refractivity (Wildman–Crippen MR) is 62.2 cm³/mol. The van der Waals surface area contributed by atoms with Crippen LogP contribution in [0, 0.1) is 0 Å². The Hall–Kier alpha value is -2.04. The van der Waals surface area contributed by atoms with Crippen LogP contribution in [0.4, 0.5) is 5.82 Å². The molecule has 1 aromatic heterocycles. The van der Waals surface area contributed by atoms with Gasteiger partial charge in [0.2, 0.25) is 0 Å². The Morgan fingerprint density at radius 3 is 2.38 bits per heavy atom. The van der Waals surface area contributed by atoms with E-state index in [0.717, 1.165) is 16.7 Å². The van der Waals surface area contributed by atoms with Crippen molar-refractivity contribution in [2.75, 3.05) is 26.6 Å². The number of anilines is 1. The fourth-order valence-corrected chi connectivity index (χ4v) is 1.58. The number of methoxy groups -OCH3 is 2. The SMILES string of the molecule is CNc1ncnc2cc(OC)c(OC)cc12. The van der Waals surface area contributed by atoms with Gasteiger partial charge in [-0.2, -0.15) is 0 Å². The summed E-state index contributed by atoms with van der Waals surface area (Å²) >= 11 is 0. The minimum absolute atomic E-state index is 0.663. The van der Waals surface area contributed by atoms with E-state index in [9.17, 15) is 0 Å². The molecule has 0 saturated heterocycles. The lowest BCUT2D eigenvalue weighted by molar-refractivity contribution is 0.356. The Kier molecular flexibility index (Phi) is 2.76. The van der Waals surface area contributed by atoms with E-state index in [-0.39, 0.29) is 0 Å². The van der Waals surface area contributed by atoms with E-state index in [2.05, 4.69) is 15.3 Å². The molecule has 0 fully saturated rings. The van der Waals surface area contributed by atoms with Gasteiger partial charge in [-0.25, -0.2) is 9.97 Å². The molecule has 0 spiro atoms. The molecule has 0 unspecified atom stereocenters. The van der Waals surface area contributed by atoms with Gasteiger partial charge in [0.1, 0.15) is 12.1 Å². The quantitative estimate of drug-likeness (QED) is 0.851. The van der Waals surface area contributed by atoms with Crippen LogP contribution in [0.5, 0.6) is 11.5 Å². The average molecular weight is 219 g/mol. The molecule has 0 aliphatic heterocycles. The molecule has 2 rings (SSSR count). The molecule has 1 N–H and O–H groups in total. The standard InChI is InChI=1S/C11H13N3O2/c1-12-11-7-4-9(15-2)10(16-3)5-8(7)13-6-14-11/h4-6H,1-3H3,(H,12,13,14). The number of ether oxygens (including phenoxy) is 2. The number of hydrogen-bond acceptors (Lipinski definition) is 5. The molecule has 84 valence electrons. The van der Waals surface area contributed by atoms with Crippen LogP contribution in [0.3, 0.4) is 0 Å². The van der Waals surface area contributed by atoms with Crippen molar-refractivity contribution in [1.29, 1.82) is 0 Å². The van der Waals surface area contributed by atoms with Gasteiger partial charge in [0.15, 0.2) is 11.5 Å². The molecule has 0 bridgehead atoms. The van der Waals surface area contributed by atoms with Crippen LogP contribution < -0.4 is 14.8 Å². The normalized spacial score (nSPS) is 10.2. The van der Waals surface area contributed by atoms with Crippen molar-refractivity contribution in [2.24, 2.45) is 0 Å². The first kappa shape index (κ1) is 10.5. The average Bonchev–Trinajstić information content (AvgIpc) is 2.36. The van der Waals surface area contributed by atoms with E-state index in [1.165, 1.54) is 6.33 Å². The molecule has 5 heteroatoms. The minimum Gasteiger partial charge on any atom is -0.493 e. The van der Waals surface area contributed by atoms with Crippen LogP contribution in [0.25, 0.3) is 10.9 Å². The van der Waals surface area contributed by atoms with Gasteiger partial charge in [-0.1, -0.05) is 0 Å². The summed E-state index contributed by atoms with van der Waals surface area (Å²) in [6.45, 7) is 0. The molecule has 5 nitrogen and oxygen atoms in total. The van der Waals surface area contributed by atoms with Gasteiger partial charge in [-0.3, -0.25) is 0 Å². The summed E-state index contributed by atoms with van der Waals surface area (Å²) < 4.78 is 10.4.